The normalized spacial score (nSPS) is 16.7. The predicted molar refractivity (Wildman–Crippen MR) is 115 cm³/mol. The SMILES string of the molecule is Cn1cnc(S(=O)(=O)CCCc2nc3c(s2)CCNC3Cc2ccc(Cl)cc2)c1. The Labute approximate surface area is 179 Å². The highest BCUT2D eigenvalue weighted by Gasteiger charge is 2.25. The van der Waals surface area contributed by atoms with Gasteiger partial charge in [0.1, 0.15) is 0 Å². The predicted octanol–water partition coefficient (Wildman–Crippen LogP) is 3.37. The van der Waals surface area contributed by atoms with E-state index in [0.717, 1.165) is 35.1 Å². The molecule has 1 N–H and O–H groups in total. The minimum absolute atomic E-state index is 0.0840. The molecular formula is C20H23ClN4O2S2. The maximum absolute atomic E-state index is 12.4. The van der Waals surface area contributed by atoms with Crippen molar-refractivity contribution in [2.75, 3.05) is 12.3 Å². The molecule has 154 valence electrons. The van der Waals surface area contributed by atoms with Crippen molar-refractivity contribution in [2.45, 2.75) is 36.8 Å². The molecule has 9 heteroatoms. The third-order valence-corrected chi connectivity index (χ3v) is 8.12. The van der Waals surface area contributed by atoms with E-state index in [-0.39, 0.29) is 16.8 Å². The highest BCUT2D eigenvalue weighted by atomic mass is 35.5. The number of imidazole rings is 1. The molecule has 0 amide bonds. The van der Waals surface area contributed by atoms with Crippen molar-refractivity contribution < 1.29 is 8.42 Å². The lowest BCUT2D eigenvalue weighted by Gasteiger charge is -2.23. The van der Waals surface area contributed by atoms with Gasteiger partial charge in [0.2, 0.25) is 0 Å². The molecule has 0 fully saturated rings. The molecule has 29 heavy (non-hydrogen) atoms. The summed E-state index contributed by atoms with van der Waals surface area (Å²) in [6.45, 7) is 0.931. The van der Waals surface area contributed by atoms with Crippen molar-refractivity contribution in [3.05, 3.63) is 63.0 Å². The number of hydrogen-bond acceptors (Lipinski definition) is 6. The van der Waals surface area contributed by atoms with Crippen LogP contribution in [0.5, 0.6) is 0 Å². The summed E-state index contributed by atoms with van der Waals surface area (Å²) >= 11 is 7.70. The third-order valence-electron chi connectivity index (χ3n) is 5.00. The smallest absolute Gasteiger partial charge is 0.197 e. The van der Waals surface area contributed by atoms with Gasteiger partial charge in [0, 0.05) is 36.1 Å². The Bertz CT molecular complexity index is 1090. The number of thiazole rings is 1. The summed E-state index contributed by atoms with van der Waals surface area (Å²) in [7, 11) is -1.58. The Balaban J connectivity index is 1.40. The van der Waals surface area contributed by atoms with Crippen LogP contribution in [0.15, 0.2) is 41.8 Å². The van der Waals surface area contributed by atoms with E-state index < -0.39 is 9.84 Å². The van der Waals surface area contributed by atoms with Crippen molar-refractivity contribution in [3.8, 4) is 0 Å². The van der Waals surface area contributed by atoms with Gasteiger partial charge < -0.3 is 9.88 Å². The topological polar surface area (TPSA) is 76.9 Å². The van der Waals surface area contributed by atoms with Gasteiger partial charge in [0.05, 0.1) is 28.8 Å². The first-order chi connectivity index (χ1) is 13.9. The summed E-state index contributed by atoms with van der Waals surface area (Å²) in [6, 6.07) is 8.11. The Morgan fingerprint density at radius 2 is 2.10 bits per heavy atom. The molecule has 1 aliphatic heterocycles. The van der Waals surface area contributed by atoms with Crippen LogP contribution in [-0.4, -0.2) is 35.3 Å². The fraction of sp³-hybridized carbons (Fsp3) is 0.400. The standard InChI is InChI=1S/C20H23ClN4O2S2/c1-25-12-19(23-13-25)29(26,27)10-2-3-18-24-20-16(22-9-8-17(20)28-18)11-14-4-6-15(21)7-5-14/h4-7,12-13,16,22H,2-3,8-11H2,1H3. The number of nitrogens with one attached hydrogen (secondary N) is 1. The molecule has 2 aromatic heterocycles. The van der Waals surface area contributed by atoms with Gasteiger partial charge in [-0.3, -0.25) is 0 Å². The molecule has 4 rings (SSSR count). The van der Waals surface area contributed by atoms with Crippen LogP contribution in [0.1, 0.15) is 33.6 Å². The second-order valence-corrected chi connectivity index (χ2v) is 11.0. The van der Waals surface area contributed by atoms with E-state index in [1.807, 2.05) is 24.3 Å². The van der Waals surface area contributed by atoms with E-state index in [1.165, 1.54) is 16.8 Å². The lowest BCUT2D eigenvalue weighted by atomic mass is 9.99. The van der Waals surface area contributed by atoms with Crippen LogP contribution in [-0.2, 0) is 36.1 Å². The van der Waals surface area contributed by atoms with Gasteiger partial charge in [-0.1, -0.05) is 23.7 Å². The maximum Gasteiger partial charge on any atom is 0.197 e. The Morgan fingerprint density at radius 1 is 1.31 bits per heavy atom. The summed E-state index contributed by atoms with van der Waals surface area (Å²) in [4.78, 5) is 10.1. The van der Waals surface area contributed by atoms with Gasteiger partial charge in [-0.05, 0) is 37.0 Å². The molecule has 1 aliphatic rings. The number of hydrogen-bond donors (Lipinski definition) is 1. The lowest BCUT2D eigenvalue weighted by molar-refractivity contribution is 0.495. The maximum atomic E-state index is 12.4. The summed E-state index contributed by atoms with van der Waals surface area (Å²) in [5.41, 5.74) is 2.33. The minimum Gasteiger partial charge on any atom is -0.339 e. The van der Waals surface area contributed by atoms with Crippen LogP contribution in [0.2, 0.25) is 5.02 Å². The molecule has 1 unspecified atom stereocenters. The van der Waals surface area contributed by atoms with Crippen LogP contribution in [0.25, 0.3) is 0 Å². The molecule has 0 saturated heterocycles. The quantitative estimate of drug-likeness (QED) is 0.597. The number of aryl methyl sites for hydroxylation is 2. The molecule has 0 radical (unpaired) electrons. The summed E-state index contributed by atoms with van der Waals surface area (Å²) in [5.74, 6) is 0.0840. The summed E-state index contributed by atoms with van der Waals surface area (Å²) in [6.07, 6.45) is 6.09. The number of sulfone groups is 1. The molecule has 0 aliphatic carbocycles. The first-order valence-electron chi connectivity index (χ1n) is 9.58. The number of aromatic nitrogens is 3. The number of benzene rings is 1. The summed E-state index contributed by atoms with van der Waals surface area (Å²) < 4.78 is 26.4. The van der Waals surface area contributed by atoms with Crippen molar-refractivity contribution in [2.24, 2.45) is 7.05 Å². The van der Waals surface area contributed by atoms with Gasteiger partial charge in [0.15, 0.2) is 14.9 Å². The van der Waals surface area contributed by atoms with Crippen LogP contribution in [0.4, 0.5) is 0 Å². The Hall–Kier alpha value is -1.74. The fourth-order valence-corrected chi connectivity index (χ4v) is 6.09. The number of nitrogens with zero attached hydrogens (tertiary/aromatic N) is 3. The fourth-order valence-electron chi connectivity index (χ4n) is 3.52. The minimum atomic E-state index is -3.34. The van der Waals surface area contributed by atoms with Crippen LogP contribution in [0.3, 0.4) is 0 Å². The summed E-state index contributed by atoms with van der Waals surface area (Å²) in [5, 5.41) is 5.45. The molecular weight excluding hydrogens is 428 g/mol. The molecule has 3 aromatic rings. The van der Waals surface area contributed by atoms with E-state index in [1.54, 1.807) is 29.1 Å². The molecule has 6 nitrogen and oxygen atoms in total. The first kappa shape index (κ1) is 20.5. The second-order valence-electron chi connectivity index (χ2n) is 7.30. The zero-order chi connectivity index (χ0) is 20.4. The average Bonchev–Trinajstić information content (AvgIpc) is 3.30. The third kappa shape index (κ3) is 4.88. The van der Waals surface area contributed by atoms with Crippen LogP contribution in [0, 0.1) is 0 Å². The molecule has 0 saturated carbocycles. The van der Waals surface area contributed by atoms with Crippen molar-refractivity contribution in [3.63, 3.8) is 0 Å². The first-order valence-corrected chi connectivity index (χ1v) is 12.4. The largest absolute Gasteiger partial charge is 0.339 e. The van der Waals surface area contributed by atoms with E-state index in [0.29, 0.717) is 12.8 Å². The van der Waals surface area contributed by atoms with Crippen LogP contribution >= 0.6 is 22.9 Å². The monoisotopic (exact) mass is 450 g/mol. The van der Waals surface area contributed by atoms with E-state index in [2.05, 4.69) is 10.3 Å². The lowest BCUT2D eigenvalue weighted by Crippen LogP contribution is -2.30. The number of halogens is 1. The highest BCUT2D eigenvalue weighted by Crippen LogP contribution is 2.31. The van der Waals surface area contributed by atoms with Gasteiger partial charge in [-0.15, -0.1) is 11.3 Å². The molecule has 0 spiro atoms. The molecule has 1 atom stereocenters. The molecule has 1 aromatic carbocycles. The van der Waals surface area contributed by atoms with Gasteiger partial charge in [-0.25, -0.2) is 18.4 Å². The number of fused-ring (bicyclic) bond motifs is 1. The van der Waals surface area contributed by atoms with Gasteiger partial charge in [0.25, 0.3) is 0 Å². The van der Waals surface area contributed by atoms with E-state index in [4.69, 9.17) is 16.6 Å². The Morgan fingerprint density at radius 3 is 2.83 bits per heavy atom. The molecule has 3 heterocycles. The zero-order valence-corrected chi connectivity index (χ0v) is 18.5. The average molecular weight is 451 g/mol. The van der Waals surface area contributed by atoms with Gasteiger partial charge in [-0.2, -0.15) is 0 Å². The van der Waals surface area contributed by atoms with Crippen molar-refractivity contribution >= 4 is 32.8 Å². The second kappa shape index (κ2) is 8.55. The van der Waals surface area contributed by atoms with Crippen molar-refractivity contribution in [1.29, 1.82) is 0 Å². The van der Waals surface area contributed by atoms with E-state index >= 15 is 0 Å². The highest BCUT2D eigenvalue weighted by molar-refractivity contribution is 7.91. The molecule has 0 bridgehead atoms. The Kier molecular flexibility index (Phi) is 6.06. The number of rotatable bonds is 7. The van der Waals surface area contributed by atoms with E-state index in [9.17, 15) is 8.42 Å². The van der Waals surface area contributed by atoms with Crippen LogP contribution < -0.4 is 5.32 Å². The zero-order valence-electron chi connectivity index (χ0n) is 16.1. The van der Waals surface area contributed by atoms with Gasteiger partial charge >= 0.3 is 0 Å². The van der Waals surface area contributed by atoms with Crippen molar-refractivity contribution in [1.82, 2.24) is 19.9 Å².